The topological polar surface area (TPSA) is 50.3 Å². The number of aromatic nitrogens is 1. The lowest BCUT2D eigenvalue weighted by molar-refractivity contribution is -0.114. The highest BCUT2D eigenvalue weighted by molar-refractivity contribution is 6.55. The van der Waals surface area contributed by atoms with E-state index in [-0.39, 0.29) is 28.0 Å². The Morgan fingerprint density at radius 1 is 1.19 bits per heavy atom. The molecule has 0 unspecified atom stereocenters. The summed E-state index contributed by atoms with van der Waals surface area (Å²) >= 11 is 11.7. The van der Waals surface area contributed by atoms with Crippen molar-refractivity contribution in [1.29, 1.82) is 0 Å². The molecule has 21 heavy (non-hydrogen) atoms. The Hall–Kier alpha value is -1.98. The quantitative estimate of drug-likeness (QED) is 0.629. The Morgan fingerprint density at radius 3 is 2.67 bits per heavy atom. The highest BCUT2D eigenvalue weighted by Crippen LogP contribution is 2.37. The van der Waals surface area contributed by atoms with E-state index in [2.05, 4.69) is 4.98 Å². The molecule has 1 aliphatic heterocycles. The van der Waals surface area contributed by atoms with Gasteiger partial charge in [0, 0.05) is 6.20 Å². The Labute approximate surface area is 129 Å². The average Bonchev–Trinajstić information content (AvgIpc) is 2.69. The molecule has 2 heterocycles. The second kappa shape index (κ2) is 5.09. The number of benzene rings is 1. The van der Waals surface area contributed by atoms with Crippen molar-refractivity contribution >= 4 is 40.6 Å². The number of nitrogens with zero attached hydrogens (tertiary/aromatic N) is 2. The largest absolute Gasteiger partial charge is 0.299 e. The molecule has 2 aromatic rings. The molecular formula is C14H7Cl2FN2O2. The third-order valence-corrected chi connectivity index (χ3v) is 3.67. The maximum Gasteiger partial charge on any atom is 0.299 e. The van der Waals surface area contributed by atoms with Gasteiger partial charge in [0.05, 0.1) is 22.8 Å². The van der Waals surface area contributed by atoms with E-state index < -0.39 is 17.5 Å². The highest BCUT2D eigenvalue weighted by atomic mass is 35.5. The molecule has 0 saturated carbocycles. The second-order valence-corrected chi connectivity index (χ2v) is 5.25. The van der Waals surface area contributed by atoms with Gasteiger partial charge < -0.3 is 0 Å². The number of fused-ring (bicyclic) bond motifs is 1. The van der Waals surface area contributed by atoms with Crippen LogP contribution in [0.3, 0.4) is 0 Å². The fourth-order valence-corrected chi connectivity index (χ4v) is 2.66. The van der Waals surface area contributed by atoms with Crippen LogP contribution in [0, 0.1) is 5.82 Å². The van der Waals surface area contributed by atoms with Crippen LogP contribution < -0.4 is 4.90 Å². The van der Waals surface area contributed by atoms with Crippen LogP contribution in [0.1, 0.15) is 15.9 Å². The molecule has 4 nitrogen and oxygen atoms in total. The van der Waals surface area contributed by atoms with Crippen molar-refractivity contribution in [2.45, 2.75) is 6.54 Å². The zero-order valence-electron chi connectivity index (χ0n) is 10.4. The highest BCUT2D eigenvalue weighted by Gasteiger charge is 2.39. The van der Waals surface area contributed by atoms with Gasteiger partial charge in [0.15, 0.2) is 0 Å². The Bertz CT molecular complexity index is 780. The number of hydrogen-bond acceptors (Lipinski definition) is 3. The number of anilines is 1. The van der Waals surface area contributed by atoms with Gasteiger partial charge >= 0.3 is 0 Å². The van der Waals surface area contributed by atoms with Gasteiger partial charge in [0.25, 0.3) is 11.7 Å². The van der Waals surface area contributed by atoms with E-state index in [9.17, 15) is 14.0 Å². The van der Waals surface area contributed by atoms with Crippen molar-refractivity contribution in [3.05, 3.63) is 57.6 Å². The van der Waals surface area contributed by atoms with E-state index in [0.29, 0.717) is 5.56 Å². The van der Waals surface area contributed by atoms with Gasteiger partial charge in [-0.15, -0.1) is 0 Å². The van der Waals surface area contributed by atoms with Crippen molar-refractivity contribution in [2.75, 3.05) is 4.90 Å². The van der Waals surface area contributed by atoms with E-state index in [4.69, 9.17) is 23.2 Å². The van der Waals surface area contributed by atoms with Gasteiger partial charge in [-0.05, 0) is 29.8 Å². The lowest BCUT2D eigenvalue weighted by atomic mass is 10.1. The summed E-state index contributed by atoms with van der Waals surface area (Å²) < 4.78 is 14.0. The average molecular weight is 325 g/mol. The molecule has 0 bridgehead atoms. The van der Waals surface area contributed by atoms with Crippen molar-refractivity contribution in [1.82, 2.24) is 4.98 Å². The number of carbonyl (C=O) groups excluding carboxylic acids is 2. The van der Waals surface area contributed by atoms with Crippen LogP contribution in [0.25, 0.3) is 0 Å². The third kappa shape index (κ3) is 2.28. The first kappa shape index (κ1) is 14.0. The summed E-state index contributed by atoms with van der Waals surface area (Å²) in [6.45, 7) is 0.0110. The maximum absolute atomic E-state index is 14.0. The van der Waals surface area contributed by atoms with Crippen LogP contribution in [-0.2, 0) is 11.3 Å². The molecule has 1 amide bonds. The minimum Gasteiger partial charge on any atom is -0.298 e. The normalized spacial score (nSPS) is 13.8. The number of carbonyl (C=O) groups is 2. The second-order valence-electron chi connectivity index (χ2n) is 4.46. The predicted octanol–water partition coefficient (Wildman–Crippen LogP) is 3.26. The predicted molar refractivity (Wildman–Crippen MR) is 76.2 cm³/mol. The monoisotopic (exact) mass is 324 g/mol. The molecule has 0 aliphatic carbocycles. The minimum atomic E-state index is -0.815. The smallest absolute Gasteiger partial charge is 0.298 e. The molecule has 7 heteroatoms. The molecule has 0 fully saturated rings. The first-order chi connectivity index (χ1) is 9.99. The van der Waals surface area contributed by atoms with Crippen molar-refractivity contribution < 1.29 is 14.0 Å². The third-order valence-electron chi connectivity index (χ3n) is 3.15. The number of hydrogen-bond donors (Lipinski definition) is 0. The molecule has 1 aliphatic rings. The summed E-state index contributed by atoms with van der Waals surface area (Å²) in [5, 5.41) is 0.303. The summed E-state index contributed by atoms with van der Waals surface area (Å²) in [5.74, 6) is -2.30. The lowest BCUT2D eigenvalue weighted by Crippen LogP contribution is -2.29. The molecule has 0 saturated heterocycles. The summed E-state index contributed by atoms with van der Waals surface area (Å²) in [6, 6.07) is 5.55. The van der Waals surface area contributed by atoms with Crippen LogP contribution in [0.5, 0.6) is 0 Å². The number of pyridine rings is 1. The van der Waals surface area contributed by atoms with Gasteiger partial charge in [0.1, 0.15) is 11.0 Å². The Morgan fingerprint density at radius 2 is 1.95 bits per heavy atom. The van der Waals surface area contributed by atoms with Crippen molar-refractivity contribution in [3.8, 4) is 0 Å². The summed E-state index contributed by atoms with van der Waals surface area (Å²) in [4.78, 5) is 28.9. The van der Waals surface area contributed by atoms with Gasteiger partial charge in [0.2, 0.25) is 0 Å². The van der Waals surface area contributed by atoms with E-state index >= 15 is 0 Å². The number of ketones is 1. The first-order valence-corrected chi connectivity index (χ1v) is 6.69. The van der Waals surface area contributed by atoms with Crippen molar-refractivity contribution in [3.63, 3.8) is 0 Å². The first-order valence-electron chi connectivity index (χ1n) is 5.93. The van der Waals surface area contributed by atoms with E-state index in [1.807, 2.05) is 0 Å². The van der Waals surface area contributed by atoms with Gasteiger partial charge in [-0.3, -0.25) is 14.5 Å². The summed E-state index contributed by atoms with van der Waals surface area (Å²) in [5.41, 5.74) is 0.440. The maximum atomic E-state index is 14.0. The Balaban J connectivity index is 2.08. The fourth-order valence-electron chi connectivity index (χ4n) is 2.23. The Kier molecular flexibility index (Phi) is 3.39. The molecule has 0 N–H and O–H groups in total. The fraction of sp³-hybridized carbons (Fsp3) is 0.0714. The standard InChI is InChI=1S/C14H7Cl2FN2O2/c15-8-1-2-9(17)12-11(8)13(20)14(21)19(12)6-7-3-4-18-10(16)5-7/h1-5H,6H2. The molecule has 0 spiro atoms. The van der Waals surface area contributed by atoms with E-state index in [0.717, 1.165) is 11.0 Å². The zero-order chi connectivity index (χ0) is 15.1. The molecule has 1 aromatic carbocycles. The van der Waals surface area contributed by atoms with E-state index in [1.54, 1.807) is 12.1 Å². The minimum absolute atomic E-state index is 0.0110. The summed E-state index contributed by atoms with van der Waals surface area (Å²) in [7, 11) is 0. The van der Waals surface area contributed by atoms with Gasteiger partial charge in [-0.25, -0.2) is 9.37 Å². The lowest BCUT2D eigenvalue weighted by Gasteiger charge is -2.17. The molecule has 106 valence electrons. The molecule has 1 aromatic heterocycles. The SMILES string of the molecule is O=C1C(=O)N(Cc2ccnc(Cl)c2)c2c(F)ccc(Cl)c21. The molecule has 3 rings (SSSR count). The van der Waals surface area contributed by atoms with Crippen molar-refractivity contribution in [2.24, 2.45) is 0 Å². The van der Waals surface area contributed by atoms with Crippen LogP contribution in [0.15, 0.2) is 30.5 Å². The van der Waals surface area contributed by atoms with Gasteiger partial charge in [-0.2, -0.15) is 0 Å². The number of amides is 1. The van der Waals surface area contributed by atoms with Crippen LogP contribution in [0.4, 0.5) is 10.1 Å². The zero-order valence-corrected chi connectivity index (χ0v) is 12.0. The van der Waals surface area contributed by atoms with Crippen LogP contribution in [0.2, 0.25) is 10.2 Å². The number of Topliss-reactive ketones (excluding diaryl/α,β-unsaturated/α-hetero) is 1. The molecular weight excluding hydrogens is 318 g/mol. The molecule has 0 atom stereocenters. The van der Waals surface area contributed by atoms with E-state index in [1.165, 1.54) is 12.3 Å². The summed E-state index contributed by atoms with van der Waals surface area (Å²) in [6.07, 6.45) is 1.47. The van der Waals surface area contributed by atoms with Crippen LogP contribution in [-0.4, -0.2) is 16.7 Å². The molecule has 0 radical (unpaired) electrons. The van der Waals surface area contributed by atoms with Gasteiger partial charge in [-0.1, -0.05) is 23.2 Å². The number of halogens is 3. The number of rotatable bonds is 2. The van der Waals surface area contributed by atoms with Crippen LogP contribution >= 0.6 is 23.2 Å².